The molecule has 1 heterocycles. The Morgan fingerprint density at radius 3 is 2.47 bits per heavy atom. The maximum absolute atomic E-state index is 10.0. The zero-order valence-corrected chi connectivity index (χ0v) is 10.6. The van der Waals surface area contributed by atoms with Crippen LogP contribution in [0.4, 0.5) is 0 Å². The highest BCUT2D eigenvalue weighted by atomic mass is 16.5. The molecule has 1 saturated heterocycles. The van der Waals surface area contributed by atoms with Crippen molar-refractivity contribution in [2.75, 3.05) is 20.2 Å². The quantitative estimate of drug-likeness (QED) is 0.868. The van der Waals surface area contributed by atoms with Gasteiger partial charge in [0.25, 0.3) is 0 Å². The highest BCUT2D eigenvalue weighted by Crippen LogP contribution is 2.33. The summed E-state index contributed by atoms with van der Waals surface area (Å²) < 4.78 is 5.40. The Morgan fingerprint density at radius 2 is 1.88 bits per heavy atom. The largest absolute Gasteiger partial charge is 0.496 e. The summed E-state index contributed by atoms with van der Waals surface area (Å²) in [5.41, 5.74) is 1.09. The lowest BCUT2D eigenvalue weighted by Crippen LogP contribution is -2.33. The van der Waals surface area contributed by atoms with Gasteiger partial charge in [0, 0.05) is 5.56 Å². The highest BCUT2D eigenvalue weighted by Gasteiger charge is 2.29. The molecular weight excluding hydrogens is 214 g/mol. The number of para-hydroxylation sites is 1. The van der Waals surface area contributed by atoms with Gasteiger partial charge in [-0.2, -0.15) is 0 Å². The fourth-order valence-corrected chi connectivity index (χ4v) is 2.69. The van der Waals surface area contributed by atoms with Gasteiger partial charge >= 0.3 is 0 Å². The molecule has 2 rings (SSSR count). The summed E-state index contributed by atoms with van der Waals surface area (Å²) >= 11 is 0. The van der Waals surface area contributed by atoms with Crippen molar-refractivity contribution in [3.8, 4) is 5.75 Å². The van der Waals surface area contributed by atoms with E-state index in [0.29, 0.717) is 0 Å². The van der Waals surface area contributed by atoms with Gasteiger partial charge in [-0.3, -0.25) is 4.90 Å². The molecule has 3 nitrogen and oxygen atoms in total. The molecule has 94 valence electrons. The minimum absolute atomic E-state index is 0.0497. The van der Waals surface area contributed by atoms with Crippen molar-refractivity contribution in [2.45, 2.75) is 31.9 Å². The van der Waals surface area contributed by atoms with Crippen molar-refractivity contribution in [3.05, 3.63) is 29.8 Å². The summed E-state index contributed by atoms with van der Waals surface area (Å²) in [6.07, 6.45) is 2.06. The number of benzene rings is 1. The number of rotatable bonds is 4. The minimum Gasteiger partial charge on any atom is -0.496 e. The molecule has 0 radical (unpaired) electrons. The number of aliphatic hydroxyl groups is 1. The highest BCUT2D eigenvalue weighted by molar-refractivity contribution is 5.36. The lowest BCUT2D eigenvalue weighted by atomic mass is 10.00. The topological polar surface area (TPSA) is 32.7 Å². The SMILES string of the molecule is COc1ccccc1[C@H]([C@H](C)O)N1CCCC1. The Labute approximate surface area is 103 Å². The summed E-state index contributed by atoms with van der Waals surface area (Å²) in [5, 5.41) is 10.0. The van der Waals surface area contributed by atoms with E-state index < -0.39 is 0 Å². The summed E-state index contributed by atoms with van der Waals surface area (Å²) in [6, 6.07) is 8.03. The summed E-state index contributed by atoms with van der Waals surface area (Å²) in [6.45, 7) is 3.98. The second kappa shape index (κ2) is 5.52. The lowest BCUT2D eigenvalue weighted by Gasteiger charge is -2.31. The van der Waals surface area contributed by atoms with Crippen molar-refractivity contribution in [1.29, 1.82) is 0 Å². The summed E-state index contributed by atoms with van der Waals surface area (Å²) in [5.74, 6) is 0.866. The number of methoxy groups -OCH3 is 1. The number of ether oxygens (including phenoxy) is 1. The third-order valence-electron chi connectivity index (χ3n) is 3.45. The molecule has 2 atom stereocenters. The maximum Gasteiger partial charge on any atom is 0.123 e. The first-order valence-corrected chi connectivity index (χ1v) is 6.29. The summed E-state index contributed by atoms with van der Waals surface area (Å²) in [4.78, 5) is 2.35. The fraction of sp³-hybridized carbons (Fsp3) is 0.571. The standard InChI is InChI=1S/C14H21NO2/c1-11(16)14(15-9-5-6-10-15)12-7-3-4-8-13(12)17-2/h3-4,7-8,11,14,16H,5-6,9-10H2,1-2H3/t11-,14-/m0/s1. The molecule has 1 aromatic carbocycles. The van der Waals surface area contributed by atoms with Gasteiger partial charge in [0.1, 0.15) is 5.75 Å². The number of hydrogen-bond donors (Lipinski definition) is 1. The van der Waals surface area contributed by atoms with Gasteiger partial charge in [-0.1, -0.05) is 18.2 Å². The Kier molecular flexibility index (Phi) is 4.02. The van der Waals surface area contributed by atoms with Crippen LogP contribution < -0.4 is 4.74 Å². The first-order chi connectivity index (χ1) is 8.24. The van der Waals surface area contributed by atoms with E-state index in [4.69, 9.17) is 4.74 Å². The van der Waals surface area contributed by atoms with Crippen molar-refractivity contribution in [1.82, 2.24) is 4.90 Å². The molecule has 0 unspecified atom stereocenters. The van der Waals surface area contributed by atoms with Gasteiger partial charge in [-0.05, 0) is 38.9 Å². The van der Waals surface area contributed by atoms with E-state index in [0.717, 1.165) is 24.4 Å². The minimum atomic E-state index is -0.385. The Bertz CT molecular complexity index is 359. The van der Waals surface area contributed by atoms with E-state index in [2.05, 4.69) is 11.0 Å². The van der Waals surface area contributed by atoms with Gasteiger partial charge in [-0.25, -0.2) is 0 Å². The lowest BCUT2D eigenvalue weighted by molar-refractivity contribution is 0.0733. The van der Waals surface area contributed by atoms with Crippen LogP contribution in [0.15, 0.2) is 24.3 Å². The molecule has 1 aliphatic rings. The summed E-state index contributed by atoms with van der Waals surface area (Å²) in [7, 11) is 1.68. The molecule has 0 aliphatic carbocycles. The third-order valence-corrected chi connectivity index (χ3v) is 3.45. The van der Waals surface area contributed by atoms with Crippen molar-refractivity contribution >= 4 is 0 Å². The Morgan fingerprint density at radius 1 is 1.24 bits per heavy atom. The Hall–Kier alpha value is -1.06. The predicted octanol–water partition coefficient (Wildman–Crippen LogP) is 2.21. The first-order valence-electron chi connectivity index (χ1n) is 6.29. The number of nitrogens with zero attached hydrogens (tertiary/aromatic N) is 1. The van der Waals surface area contributed by atoms with E-state index in [-0.39, 0.29) is 12.1 Å². The van der Waals surface area contributed by atoms with Gasteiger partial charge in [0.2, 0.25) is 0 Å². The van der Waals surface area contributed by atoms with Gasteiger partial charge in [0.05, 0.1) is 19.3 Å². The van der Waals surface area contributed by atoms with Crippen LogP contribution in [0.5, 0.6) is 5.75 Å². The Balaban J connectivity index is 2.31. The van der Waals surface area contributed by atoms with Crippen LogP contribution in [0.3, 0.4) is 0 Å². The monoisotopic (exact) mass is 235 g/mol. The number of hydrogen-bond acceptors (Lipinski definition) is 3. The van der Waals surface area contributed by atoms with Crippen LogP contribution in [-0.2, 0) is 0 Å². The van der Waals surface area contributed by atoms with Crippen LogP contribution in [0.2, 0.25) is 0 Å². The molecule has 1 N–H and O–H groups in total. The van der Waals surface area contributed by atoms with E-state index in [1.54, 1.807) is 7.11 Å². The van der Waals surface area contributed by atoms with Gasteiger partial charge < -0.3 is 9.84 Å². The molecule has 0 bridgehead atoms. The second-order valence-electron chi connectivity index (χ2n) is 4.67. The zero-order valence-electron chi connectivity index (χ0n) is 10.6. The smallest absolute Gasteiger partial charge is 0.123 e. The molecule has 1 aliphatic heterocycles. The second-order valence-corrected chi connectivity index (χ2v) is 4.67. The zero-order chi connectivity index (χ0) is 12.3. The van der Waals surface area contributed by atoms with Crippen LogP contribution in [0.25, 0.3) is 0 Å². The van der Waals surface area contributed by atoms with E-state index in [9.17, 15) is 5.11 Å². The molecule has 0 saturated carbocycles. The fourth-order valence-electron chi connectivity index (χ4n) is 2.69. The van der Waals surface area contributed by atoms with Crippen molar-refractivity contribution in [3.63, 3.8) is 0 Å². The predicted molar refractivity (Wildman–Crippen MR) is 68.2 cm³/mol. The molecule has 0 spiro atoms. The van der Waals surface area contributed by atoms with Gasteiger partial charge in [-0.15, -0.1) is 0 Å². The first kappa shape index (κ1) is 12.4. The van der Waals surface area contributed by atoms with Crippen molar-refractivity contribution < 1.29 is 9.84 Å². The molecule has 3 heteroatoms. The number of aliphatic hydroxyl groups excluding tert-OH is 1. The molecule has 1 fully saturated rings. The molecular formula is C14H21NO2. The van der Waals surface area contributed by atoms with Crippen molar-refractivity contribution in [2.24, 2.45) is 0 Å². The van der Waals surface area contributed by atoms with Gasteiger partial charge in [0.15, 0.2) is 0 Å². The normalized spacial score (nSPS) is 20.2. The molecule has 0 amide bonds. The van der Waals surface area contributed by atoms with Crippen LogP contribution in [0.1, 0.15) is 31.4 Å². The van der Waals surface area contributed by atoms with Crippen LogP contribution in [0, 0.1) is 0 Å². The molecule has 0 aromatic heterocycles. The third kappa shape index (κ3) is 2.61. The maximum atomic E-state index is 10.0. The van der Waals surface area contributed by atoms with Crippen LogP contribution >= 0.6 is 0 Å². The number of likely N-dealkylation sites (tertiary alicyclic amines) is 1. The molecule has 1 aromatic rings. The van der Waals surface area contributed by atoms with Crippen LogP contribution in [-0.4, -0.2) is 36.3 Å². The average molecular weight is 235 g/mol. The van der Waals surface area contributed by atoms with E-state index >= 15 is 0 Å². The van der Waals surface area contributed by atoms with E-state index in [1.807, 2.05) is 25.1 Å². The average Bonchev–Trinajstić information content (AvgIpc) is 2.83. The molecule has 17 heavy (non-hydrogen) atoms. The van der Waals surface area contributed by atoms with E-state index in [1.165, 1.54) is 12.8 Å².